The molecule has 1 fully saturated rings. The molecule has 3 N–H and O–H groups in total. The van der Waals surface area contributed by atoms with E-state index in [1.165, 1.54) is 0 Å². The van der Waals surface area contributed by atoms with Gasteiger partial charge in [-0.25, -0.2) is 4.39 Å². The maximum atomic E-state index is 13.9. The number of phenolic OH excluding ortho intramolecular Hbond substituents is 1. The number of aromatic amines is 1. The molecule has 2 aromatic rings. The average Bonchev–Trinajstić information content (AvgIpc) is 2.62. The van der Waals surface area contributed by atoms with Crippen molar-refractivity contribution in [3.8, 4) is 16.9 Å². The number of aromatic nitrogens is 1. The van der Waals surface area contributed by atoms with E-state index in [0.717, 1.165) is 24.8 Å². The molecule has 1 aromatic heterocycles. The highest BCUT2D eigenvalue weighted by Crippen LogP contribution is 2.27. The van der Waals surface area contributed by atoms with E-state index in [1.807, 2.05) is 0 Å². The SMILES string of the molecule is Cc1[nH]c(=O)c(C(=O)NCC2CCCCC2F)cc1-c1ccc(O)cc1. The first-order valence-electron chi connectivity index (χ1n) is 8.91. The van der Waals surface area contributed by atoms with Gasteiger partial charge in [-0.05, 0) is 43.5 Å². The van der Waals surface area contributed by atoms with Crippen LogP contribution in [0.1, 0.15) is 41.7 Å². The van der Waals surface area contributed by atoms with Crippen LogP contribution in [-0.4, -0.2) is 28.7 Å². The molecule has 0 saturated heterocycles. The second-order valence-corrected chi connectivity index (χ2v) is 6.87. The summed E-state index contributed by atoms with van der Waals surface area (Å²) in [7, 11) is 0. The minimum Gasteiger partial charge on any atom is -0.508 e. The van der Waals surface area contributed by atoms with E-state index in [9.17, 15) is 19.1 Å². The maximum Gasteiger partial charge on any atom is 0.261 e. The minimum atomic E-state index is -0.895. The normalized spacial score (nSPS) is 19.9. The molecule has 3 rings (SSSR count). The summed E-state index contributed by atoms with van der Waals surface area (Å²) in [5.74, 6) is -0.542. The number of halogens is 1. The molecule has 1 aromatic carbocycles. The molecule has 5 nitrogen and oxygen atoms in total. The monoisotopic (exact) mass is 358 g/mol. The zero-order valence-corrected chi connectivity index (χ0v) is 14.7. The van der Waals surface area contributed by atoms with Gasteiger partial charge in [0.2, 0.25) is 0 Å². The lowest BCUT2D eigenvalue weighted by Gasteiger charge is -2.25. The van der Waals surface area contributed by atoms with Crippen LogP contribution in [0.3, 0.4) is 0 Å². The summed E-state index contributed by atoms with van der Waals surface area (Å²) in [5, 5.41) is 12.1. The third-order valence-corrected chi connectivity index (χ3v) is 5.00. The van der Waals surface area contributed by atoms with Gasteiger partial charge < -0.3 is 15.4 Å². The van der Waals surface area contributed by atoms with Gasteiger partial charge in [0.05, 0.1) is 0 Å². The molecular weight excluding hydrogens is 335 g/mol. The van der Waals surface area contributed by atoms with Crippen LogP contribution in [0.15, 0.2) is 35.1 Å². The van der Waals surface area contributed by atoms with E-state index in [1.54, 1.807) is 37.3 Å². The Kier molecular flexibility index (Phi) is 5.40. The lowest BCUT2D eigenvalue weighted by Crippen LogP contribution is -2.37. The van der Waals surface area contributed by atoms with E-state index in [2.05, 4.69) is 10.3 Å². The number of hydrogen-bond acceptors (Lipinski definition) is 3. The van der Waals surface area contributed by atoms with Crippen molar-refractivity contribution in [2.75, 3.05) is 6.54 Å². The van der Waals surface area contributed by atoms with Gasteiger partial charge in [0, 0.05) is 23.7 Å². The number of amides is 1. The highest BCUT2D eigenvalue weighted by molar-refractivity contribution is 5.95. The molecule has 0 aliphatic heterocycles. The first-order valence-corrected chi connectivity index (χ1v) is 8.91. The van der Waals surface area contributed by atoms with Gasteiger partial charge in [0.25, 0.3) is 11.5 Å². The molecule has 1 heterocycles. The Morgan fingerprint density at radius 2 is 1.96 bits per heavy atom. The molecule has 0 spiro atoms. The van der Waals surface area contributed by atoms with E-state index >= 15 is 0 Å². The number of nitrogens with one attached hydrogen (secondary N) is 2. The number of rotatable bonds is 4. The largest absolute Gasteiger partial charge is 0.508 e. The number of phenols is 1. The molecule has 0 bridgehead atoms. The predicted molar refractivity (Wildman–Crippen MR) is 98.1 cm³/mol. The van der Waals surface area contributed by atoms with Crippen molar-refractivity contribution in [3.05, 3.63) is 51.9 Å². The van der Waals surface area contributed by atoms with Crippen LogP contribution in [0.2, 0.25) is 0 Å². The highest BCUT2D eigenvalue weighted by atomic mass is 19.1. The third-order valence-electron chi connectivity index (χ3n) is 5.00. The highest BCUT2D eigenvalue weighted by Gasteiger charge is 2.25. The van der Waals surface area contributed by atoms with Crippen LogP contribution in [0, 0.1) is 12.8 Å². The molecule has 0 radical (unpaired) electrons. The van der Waals surface area contributed by atoms with E-state index in [4.69, 9.17) is 0 Å². The summed E-state index contributed by atoms with van der Waals surface area (Å²) >= 11 is 0. The summed E-state index contributed by atoms with van der Waals surface area (Å²) in [6.07, 6.45) is 2.25. The lowest BCUT2D eigenvalue weighted by molar-refractivity contribution is 0.0921. The van der Waals surface area contributed by atoms with Gasteiger partial charge in [-0.2, -0.15) is 0 Å². The standard InChI is InChI=1S/C20H23FN2O3/c1-12-16(13-6-8-15(24)9-7-13)10-17(20(26)23-12)19(25)22-11-14-4-2-3-5-18(14)21/h6-10,14,18,24H,2-5,11H2,1H3,(H,22,25)(H,23,26). The molecule has 1 aliphatic carbocycles. The number of hydrogen-bond donors (Lipinski definition) is 3. The number of aromatic hydroxyl groups is 1. The lowest BCUT2D eigenvalue weighted by atomic mass is 9.87. The van der Waals surface area contributed by atoms with E-state index in [0.29, 0.717) is 17.7 Å². The quantitative estimate of drug-likeness (QED) is 0.784. The molecule has 138 valence electrons. The van der Waals surface area contributed by atoms with Gasteiger partial charge >= 0.3 is 0 Å². The van der Waals surface area contributed by atoms with Crippen molar-refractivity contribution in [2.24, 2.45) is 5.92 Å². The fourth-order valence-corrected chi connectivity index (χ4v) is 3.44. The Labute approximate surface area is 151 Å². The van der Waals surface area contributed by atoms with Gasteiger partial charge in [0.1, 0.15) is 17.5 Å². The van der Waals surface area contributed by atoms with Gasteiger partial charge in [-0.1, -0.05) is 25.0 Å². The number of benzene rings is 1. The molecule has 1 aliphatic rings. The molecule has 1 amide bonds. The third kappa shape index (κ3) is 3.95. The van der Waals surface area contributed by atoms with Crippen molar-refractivity contribution >= 4 is 5.91 Å². The number of alkyl halides is 1. The number of carbonyl (C=O) groups excluding carboxylic acids is 1. The molecule has 2 unspecified atom stereocenters. The van der Waals surface area contributed by atoms with E-state index in [-0.39, 0.29) is 23.8 Å². The molecule has 26 heavy (non-hydrogen) atoms. The summed E-state index contributed by atoms with van der Waals surface area (Å²) in [6, 6.07) is 8.07. The Balaban J connectivity index is 1.80. The van der Waals surface area contributed by atoms with Crippen LogP contribution in [0.4, 0.5) is 4.39 Å². The number of aryl methyl sites for hydroxylation is 1. The van der Waals surface area contributed by atoms with Crippen LogP contribution in [0.25, 0.3) is 11.1 Å². The summed E-state index contributed by atoms with van der Waals surface area (Å²) in [6.45, 7) is 1.99. The fraction of sp³-hybridized carbons (Fsp3) is 0.400. The predicted octanol–water partition coefficient (Wildman–Crippen LogP) is 3.31. The minimum absolute atomic E-state index is 0.00453. The number of H-pyrrole nitrogens is 1. The number of carbonyl (C=O) groups is 1. The topological polar surface area (TPSA) is 82.2 Å². The van der Waals surface area contributed by atoms with Crippen molar-refractivity contribution < 1.29 is 14.3 Å². The summed E-state index contributed by atoms with van der Waals surface area (Å²) < 4.78 is 13.9. The van der Waals surface area contributed by atoms with Gasteiger partial charge in [-0.3, -0.25) is 9.59 Å². The zero-order chi connectivity index (χ0) is 18.7. The first-order chi connectivity index (χ1) is 12.5. The van der Waals surface area contributed by atoms with Crippen LogP contribution >= 0.6 is 0 Å². The molecule has 1 saturated carbocycles. The van der Waals surface area contributed by atoms with Crippen molar-refractivity contribution in [1.82, 2.24) is 10.3 Å². The zero-order valence-electron chi connectivity index (χ0n) is 14.7. The summed E-state index contributed by atoms with van der Waals surface area (Å²) in [5.41, 5.74) is 1.65. The smallest absolute Gasteiger partial charge is 0.261 e. The van der Waals surface area contributed by atoms with E-state index < -0.39 is 17.6 Å². The first kappa shape index (κ1) is 18.2. The number of pyridine rings is 1. The van der Waals surface area contributed by atoms with Crippen molar-refractivity contribution in [1.29, 1.82) is 0 Å². The molecular formula is C20H23FN2O3. The van der Waals surface area contributed by atoms with Crippen LogP contribution < -0.4 is 10.9 Å². The van der Waals surface area contributed by atoms with Crippen molar-refractivity contribution in [2.45, 2.75) is 38.8 Å². The Bertz CT molecular complexity index is 845. The maximum absolute atomic E-state index is 13.9. The van der Waals surface area contributed by atoms with Crippen LogP contribution in [0.5, 0.6) is 5.75 Å². The second kappa shape index (κ2) is 7.72. The Morgan fingerprint density at radius 3 is 2.65 bits per heavy atom. The second-order valence-electron chi connectivity index (χ2n) is 6.87. The molecule has 6 heteroatoms. The van der Waals surface area contributed by atoms with Gasteiger partial charge in [-0.15, -0.1) is 0 Å². The van der Waals surface area contributed by atoms with Crippen LogP contribution in [-0.2, 0) is 0 Å². The fourth-order valence-electron chi connectivity index (χ4n) is 3.44. The average molecular weight is 358 g/mol. The van der Waals surface area contributed by atoms with Crippen molar-refractivity contribution in [3.63, 3.8) is 0 Å². The Morgan fingerprint density at radius 1 is 1.27 bits per heavy atom. The van der Waals surface area contributed by atoms with Gasteiger partial charge in [0.15, 0.2) is 0 Å². The Hall–Kier alpha value is -2.63. The molecule has 2 atom stereocenters. The summed E-state index contributed by atoms with van der Waals surface area (Å²) in [4.78, 5) is 27.4.